The lowest BCUT2D eigenvalue weighted by molar-refractivity contribution is 1.02. The van der Waals surface area contributed by atoms with Gasteiger partial charge in [0.25, 0.3) is 0 Å². The molecule has 1 aromatic carbocycles. The highest BCUT2D eigenvalue weighted by atomic mass is 127. The fraction of sp³-hybridized carbons (Fsp3) is 0. The van der Waals surface area contributed by atoms with Gasteiger partial charge >= 0.3 is 0 Å². The van der Waals surface area contributed by atoms with Crippen molar-refractivity contribution in [1.29, 1.82) is 0 Å². The summed E-state index contributed by atoms with van der Waals surface area (Å²) in [5, 5.41) is 1.92. The standard InChI is InChI=1S/C10H5Cl2IN2S/c11-6-2-1-3-7(8(6)12)16-10-9(13)14-4-5-15-10/h1-5H. The maximum Gasteiger partial charge on any atom is 0.133 e. The predicted octanol–water partition coefficient (Wildman–Crippen LogP) is 4.54. The maximum absolute atomic E-state index is 6.09. The second-order valence-electron chi connectivity index (χ2n) is 2.81. The Morgan fingerprint density at radius 1 is 1.12 bits per heavy atom. The molecule has 2 nitrogen and oxygen atoms in total. The van der Waals surface area contributed by atoms with Crippen LogP contribution in [0.2, 0.25) is 10.0 Å². The third kappa shape index (κ3) is 2.80. The summed E-state index contributed by atoms with van der Waals surface area (Å²) in [5.74, 6) is 0. The van der Waals surface area contributed by atoms with Crippen LogP contribution in [0.25, 0.3) is 0 Å². The minimum Gasteiger partial charge on any atom is -0.246 e. The molecule has 0 aliphatic carbocycles. The number of aromatic nitrogens is 2. The third-order valence-electron chi connectivity index (χ3n) is 1.75. The first kappa shape index (κ1) is 12.4. The second kappa shape index (κ2) is 5.53. The van der Waals surface area contributed by atoms with Crippen molar-refractivity contribution in [3.63, 3.8) is 0 Å². The normalized spacial score (nSPS) is 10.4. The molecule has 0 bridgehead atoms. The van der Waals surface area contributed by atoms with Crippen LogP contribution < -0.4 is 0 Å². The highest BCUT2D eigenvalue weighted by Gasteiger charge is 2.09. The minimum absolute atomic E-state index is 0.547. The van der Waals surface area contributed by atoms with E-state index in [0.29, 0.717) is 10.0 Å². The minimum atomic E-state index is 0.547. The zero-order valence-electron chi connectivity index (χ0n) is 7.82. The summed E-state index contributed by atoms with van der Waals surface area (Å²) in [6.45, 7) is 0. The summed E-state index contributed by atoms with van der Waals surface area (Å²) in [6.07, 6.45) is 3.31. The molecular formula is C10H5Cl2IN2S. The number of halogens is 3. The maximum atomic E-state index is 6.09. The largest absolute Gasteiger partial charge is 0.246 e. The summed E-state index contributed by atoms with van der Waals surface area (Å²) in [5.41, 5.74) is 0. The van der Waals surface area contributed by atoms with E-state index in [1.165, 1.54) is 11.8 Å². The molecule has 0 aliphatic rings. The molecule has 0 saturated heterocycles. The molecule has 1 aromatic heterocycles. The molecule has 2 aromatic rings. The Kier molecular flexibility index (Phi) is 4.29. The molecule has 0 radical (unpaired) electrons. The molecule has 2 rings (SSSR count). The van der Waals surface area contributed by atoms with Crippen molar-refractivity contribution in [2.24, 2.45) is 0 Å². The Bertz CT molecular complexity index is 522. The number of benzene rings is 1. The van der Waals surface area contributed by atoms with Crippen LogP contribution in [0.1, 0.15) is 0 Å². The molecule has 0 amide bonds. The van der Waals surface area contributed by atoms with Crippen molar-refractivity contribution in [2.75, 3.05) is 0 Å². The Hall–Kier alpha value is -0.0400. The van der Waals surface area contributed by atoms with Gasteiger partial charge in [0, 0.05) is 17.3 Å². The molecule has 0 saturated carbocycles. The van der Waals surface area contributed by atoms with Crippen LogP contribution in [0.4, 0.5) is 0 Å². The van der Waals surface area contributed by atoms with Crippen LogP contribution in [-0.4, -0.2) is 9.97 Å². The molecule has 82 valence electrons. The zero-order chi connectivity index (χ0) is 11.5. The van der Waals surface area contributed by atoms with Gasteiger partial charge in [0.2, 0.25) is 0 Å². The molecule has 0 atom stereocenters. The SMILES string of the molecule is Clc1cccc(Sc2nccnc2I)c1Cl. The van der Waals surface area contributed by atoms with Gasteiger partial charge in [0.05, 0.1) is 10.0 Å². The van der Waals surface area contributed by atoms with Gasteiger partial charge < -0.3 is 0 Å². The molecular weight excluding hydrogens is 378 g/mol. The molecule has 0 N–H and O–H groups in total. The topological polar surface area (TPSA) is 25.8 Å². The smallest absolute Gasteiger partial charge is 0.133 e. The van der Waals surface area contributed by atoms with Crippen molar-refractivity contribution in [1.82, 2.24) is 9.97 Å². The van der Waals surface area contributed by atoms with Gasteiger partial charge in [-0.25, -0.2) is 9.97 Å². The first-order valence-electron chi connectivity index (χ1n) is 4.27. The van der Waals surface area contributed by atoms with Crippen LogP contribution >= 0.6 is 57.6 Å². The van der Waals surface area contributed by atoms with Crippen molar-refractivity contribution in [3.8, 4) is 0 Å². The second-order valence-corrected chi connectivity index (χ2v) is 5.64. The molecule has 0 spiro atoms. The van der Waals surface area contributed by atoms with E-state index in [1.54, 1.807) is 18.5 Å². The monoisotopic (exact) mass is 382 g/mol. The fourth-order valence-electron chi connectivity index (χ4n) is 1.04. The highest BCUT2D eigenvalue weighted by molar-refractivity contribution is 14.1. The lowest BCUT2D eigenvalue weighted by Crippen LogP contribution is -1.88. The molecule has 0 unspecified atom stereocenters. The van der Waals surface area contributed by atoms with Gasteiger partial charge in [-0.05, 0) is 34.7 Å². The van der Waals surface area contributed by atoms with Gasteiger partial charge in [-0.2, -0.15) is 0 Å². The summed E-state index contributed by atoms with van der Waals surface area (Å²) in [6, 6.07) is 5.53. The summed E-state index contributed by atoms with van der Waals surface area (Å²) >= 11 is 15.6. The molecule has 0 aliphatic heterocycles. The van der Waals surface area contributed by atoms with Gasteiger partial charge in [0.1, 0.15) is 8.73 Å². The first-order chi connectivity index (χ1) is 7.68. The lowest BCUT2D eigenvalue weighted by Gasteiger charge is -2.05. The van der Waals surface area contributed by atoms with Gasteiger partial charge in [0.15, 0.2) is 0 Å². The van der Waals surface area contributed by atoms with Crippen molar-refractivity contribution < 1.29 is 0 Å². The molecule has 0 fully saturated rings. The van der Waals surface area contributed by atoms with E-state index < -0.39 is 0 Å². The molecule has 6 heteroatoms. The Balaban J connectivity index is 2.35. The van der Waals surface area contributed by atoms with Crippen LogP contribution in [0.3, 0.4) is 0 Å². The fourth-order valence-corrected chi connectivity index (χ4v) is 2.95. The first-order valence-corrected chi connectivity index (χ1v) is 6.92. The van der Waals surface area contributed by atoms with Crippen molar-refractivity contribution in [2.45, 2.75) is 9.92 Å². The van der Waals surface area contributed by atoms with E-state index in [9.17, 15) is 0 Å². The highest BCUT2D eigenvalue weighted by Crippen LogP contribution is 2.37. The molecule has 16 heavy (non-hydrogen) atoms. The van der Waals surface area contributed by atoms with E-state index in [2.05, 4.69) is 32.6 Å². The Labute approximate surface area is 121 Å². The third-order valence-corrected chi connectivity index (χ3v) is 4.88. The number of hydrogen-bond donors (Lipinski definition) is 0. The Morgan fingerprint density at radius 3 is 2.62 bits per heavy atom. The van der Waals surface area contributed by atoms with E-state index >= 15 is 0 Å². The molecule has 1 heterocycles. The average Bonchev–Trinajstić information content (AvgIpc) is 2.28. The number of hydrogen-bond acceptors (Lipinski definition) is 3. The van der Waals surface area contributed by atoms with Crippen LogP contribution in [0, 0.1) is 3.70 Å². The summed E-state index contributed by atoms with van der Waals surface area (Å²) in [4.78, 5) is 9.27. The Morgan fingerprint density at radius 2 is 1.88 bits per heavy atom. The van der Waals surface area contributed by atoms with Crippen LogP contribution in [0.15, 0.2) is 40.5 Å². The van der Waals surface area contributed by atoms with E-state index in [0.717, 1.165) is 13.6 Å². The van der Waals surface area contributed by atoms with Crippen LogP contribution in [0.5, 0.6) is 0 Å². The summed E-state index contributed by atoms with van der Waals surface area (Å²) in [7, 11) is 0. The zero-order valence-corrected chi connectivity index (χ0v) is 12.3. The number of nitrogens with zero attached hydrogens (tertiary/aromatic N) is 2. The summed E-state index contributed by atoms with van der Waals surface area (Å²) < 4.78 is 0.848. The van der Waals surface area contributed by atoms with Crippen molar-refractivity contribution >= 4 is 57.6 Å². The average molecular weight is 383 g/mol. The van der Waals surface area contributed by atoms with Gasteiger partial charge in [-0.1, -0.05) is 41.0 Å². The van der Waals surface area contributed by atoms with E-state index in [4.69, 9.17) is 23.2 Å². The lowest BCUT2D eigenvalue weighted by atomic mass is 10.4. The number of rotatable bonds is 2. The van der Waals surface area contributed by atoms with Gasteiger partial charge in [-0.15, -0.1) is 0 Å². The van der Waals surface area contributed by atoms with Crippen LogP contribution in [-0.2, 0) is 0 Å². The van der Waals surface area contributed by atoms with Gasteiger partial charge in [-0.3, -0.25) is 0 Å². The predicted molar refractivity (Wildman–Crippen MR) is 75.3 cm³/mol. The van der Waals surface area contributed by atoms with E-state index in [-0.39, 0.29) is 0 Å². The quantitative estimate of drug-likeness (QED) is 0.713. The van der Waals surface area contributed by atoms with E-state index in [1.807, 2.05) is 12.1 Å². The van der Waals surface area contributed by atoms with Crippen molar-refractivity contribution in [3.05, 3.63) is 44.3 Å².